The van der Waals surface area contributed by atoms with E-state index in [1.54, 1.807) is 7.11 Å². The number of methoxy groups -OCH3 is 1. The van der Waals surface area contributed by atoms with Crippen molar-refractivity contribution in [3.63, 3.8) is 0 Å². The fraction of sp³-hybridized carbons (Fsp3) is 0.688. The van der Waals surface area contributed by atoms with Crippen molar-refractivity contribution in [2.45, 2.75) is 52.6 Å². The van der Waals surface area contributed by atoms with Gasteiger partial charge in [-0.1, -0.05) is 32.1 Å². The second-order valence-electron chi connectivity index (χ2n) is 5.68. The van der Waals surface area contributed by atoms with Gasteiger partial charge in [-0.2, -0.15) is 0 Å². The molecule has 1 aliphatic carbocycles. The molecule has 2 atom stereocenters. The summed E-state index contributed by atoms with van der Waals surface area (Å²) in [5, 5.41) is 0. The van der Waals surface area contributed by atoms with E-state index in [2.05, 4.69) is 26.5 Å². The van der Waals surface area contributed by atoms with E-state index in [1.807, 2.05) is 6.92 Å². The molecule has 18 heavy (non-hydrogen) atoms. The average molecular weight is 250 g/mol. The highest BCUT2D eigenvalue weighted by Gasteiger charge is 2.34. The summed E-state index contributed by atoms with van der Waals surface area (Å²) in [7, 11) is 1.69. The zero-order valence-electron chi connectivity index (χ0n) is 12.2. The molecule has 0 amide bonds. The van der Waals surface area contributed by atoms with E-state index in [0.717, 1.165) is 36.8 Å². The zero-order chi connectivity index (χ0) is 13.7. The monoisotopic (exact) mass is 250 g/mol. The standard InChI is InChI=1S/C16H26O2/c1-11(2)7-6-8-12(3)15-14(18-5)10-9-13(4)16(15)17/h8,11,14-15H,4,6-7,9-10H2,1-3,5H3/b12-8+. The van der Waals surface area contributed by atoms with Gasteiger partial charge in [-0.05, 0) is 44.1 Å². The van der Waals surface area contributed by atoms with Crippen LogP contribution in [-0.4, -0.2) is 19.0 Å². The number of carbonyl (C=O) groups excluding carboxylic acids is 1. The second kappa shape index (κ2) is 6.89. The van der Waals surface area contributed by atoms with Crippen molar-refractivity contribution in [3.05, 3.63) is 23.8 Å². The van der Waals surface area contributed by atoms with Crippen LogP contribution in [0, 0.1) is 11.8 Å². The minimum Gasteiger partial charge on any atom is -0.380 e. The highest BCUT2D eigenvalue weighted by Crippen LogP contribution is 2.31. The van der Waals surface area contributed by atoms with Crippen LogP contribution in [0.25, 0.3) is 0 Å². The number of ketones is 1. The Labute approximate surface area is 111 Å². The molecule has 1 fully saturated rings. The van der Waals surface area contributed by atoms with E-state index in [1.165, 1.54) is 0 Å². The van der Waals surface area contributed by atoms with Gasteiger partial charge in [0, 0.05) is 7.11 Å². The van der Waals surface area contributed by atoms with Crippen LogP contribution in [0.15, 0.2) is 23.8 Å². The lowest BCUT2D eigenvalue weighted by Crippen LogP contribution is -2.36. The second-order valence-corrected chi connectivity index (χ2v) is 5.68. The van der Waals surface area contributed by atoms with E-state index in [0.29, 0.717) is 5.92 Å². The van der Waals surface area contributed by atoms with E-state index < -0.39 is 0 Å². The number of Topliss-reactive ketones (excluding diaryl/α,β-unsaturated/α-hetero) is 1. The molecule has 0 aromatic heterocycles. The number of allylic oxidation sites excluding steroid dienone is 2. The first-order valence-corrected chi connectivity index (χ1v) is 6.88. The molecule has 0 radical (unpaired) electrons. The third kappa shape index (κ3) is 3.81. The van der Waals surface area contributed by atoms with E-state index in [9.17, 15) is 4.79 Å². The maximum Gasteiger partial charge on any atom is 0.167 e. The molecule has 0 spiro atoms. The zero-order valence-corrected chi connectivity index (χ0v) is 12.2. The van der Waals surface area contributed by atoms with Gasteiger partial charge in [0.15, 0.2) is 5.78 Å². The fourth-order valence-electron chi connectivity index (χ4n) is 2.52. The van der Waals surface area contributed by atoms with E-state index in [4.69, 9.17) is 4.74 Å². The molecule has 0 saturated heterocycles. The predicted molar refractivity (Wildman–Crippen MR) is 75.5 cm³/mol. The van der Waals surface area contributed by atoms with Crippen molar-refractivity contribution in [2.75, 3.05) is 7.11 Å². The SMILES string of the molecule is C=C1CCC(OC)C(/C(C)=C/CCC(C)C)C1=O. The molecule has 2 unspecified atom stereocenters. The van der Waals surface area contributed by atoms with E-state index in [-0.39, 0.29) is 17.8 Å². The Morgan fingerprint density at radius 2 is 2.22 bits per heavy atom. The molecule has 1 saturated carbocycles. The van der Waals surface area contributed by atoms with Crippen molar-refractivity contribution >= 4 is 5.78 Å². The number of hydrogen-bond donors (Lipinski definition) is 0. The molecular formula is C16H26O2. The number of rotatable bonds is 5. The average Bonchev–Trinajstić information content (AvgIpc) is 2.31. The first-order chi connectivity index (χ1) is 8.47. The first-order valence-electron chi connectivity index (χ1n) is 6.88. The molecule has 1 rings (SSSR count). The normalized spacial score (nSPS) is 25.9. The van der Waals surface area contributed by atoms with Crippen molar-refractivity contribution in [1.82, 2.24) is 0 Å². The molecule has 0 bridgehead atoms. The lowest BCUT2D eigenvalue weighted by atomic mass is 9.78. The Hall–Kier alpha value is -0.890. The molecule has 0 heterocycles. The third-order valence-electron chi connectivity index (χ3n) is 3.74. The molecule has 1 aliphatic rings. The van der Waals surface area contributed by atoms with Gasteiger partial charge < -0.3 is 4.74 Å². The summed E-state index contributed by atoms with van der Waals surface area (Å²) in [6.45, 7) is 10.4. The number of hydrogen-bond acceptors (Lipinski definition) is 2. The number of carbonyl (C=O) groups is 1. The molecule has 102 valence electrons. The van der Waals surface area contributed by atoms with Crippen LogP contribution in [0.4, 0.5) is 0 Å². The van der Waals surface area contributed by atoms with Gasteiger partial charge in [0.05, 0.1) is 12.0 Å². The Kier molecular flexibility index (Phi) is 5.80. The highest BCUT2D eigenvalue weighted by atomic mass is 16.5. The van der Waals surface area contributed by atoms with Crippen LogP contribution in [0.5, 0.6) is 0 Å². The fourth-order valence-corrected chi connectivity index (χ4v) is 2.52. The van der Waals surface area contributed by atoms with Crippen LogP contribution < -0.4 is 0 Å². The maximum atomic E-state index is 12.2. The molecule has 2 nitrogen and oxygen atoms in total. The van der Waals surface area contributed by atoms with Gasteiger partial charge in [0.2, 0.25) is 0 Å². The van der Waals surface area contributed by atoms with Gasteiger partial charge in [-0.3, -0.25) is 4.79 Å². The lowest BCUT2D eigenvalue weighted by molar-refractivity contribution is -0.124. The van der Waals surface area contributed by atoms with Crippen LogP contribution in [-0.2, 0) is 9.53 Å². The van der Waals surface area contributed by atoms with Gasteiger partial charge >= 0.3 is 0 Å². The van der Waals surface area contributed by atoms with Crippen LogP contribution in [0.2, 0.25) is 0 Å². The topological polar surface area (TPSA) is 26.3 Å². The van der Waals surface area contributed by atoms with Crippen LogP contribution in [0.3, 0.4) is 0 Å². The summed E-state index contributed by atoms with van der Waals surface area (Å²) in [6, 6.07) is 0. The van der Waals surface area contributed by atoms with Gasteiger partial charge in [0.1, 0.15) is 0 Å². The van der Waals surface area contributed by atoms with Gasteiger partial charge in [-0.15, -0.1) is 0 Å². The third-order valence-corrected chi connectivity index (χ3v) is 3.74. The summed E-state index contributed by atoms with van der Waals surface area (Å²) in [5.74, 6) is 0.763. The molecule has 0 aromatic carbocycles. The molecule has 2 heteroatoms. The Balaban J connectivity index is 2.75. The maximum absolute atomic E-state index is 12.2. The predicted octanol–water partition coefficient (Wildman–Crippen LogP) is 3.92. The summed E-state index contributed by atoms with van der Waals surface area (Å²) < 4.78 is 5.47. The van der Waals surface area contributed by atoms with Crippen molar-refractivity contribution in [2.24, 2.45) is 11.8 Å². The Morgan fingerprint density at radius 1 is 1.56 bits per heavy atom. The van der Waals surface area contributed by atoms with E-state index >= 15 is 0 Å². The summed E-state index contributed by atoms with van der Waals surface area (Å²) >= 11 is 0. The largest absolute Gasteiger partial charge is 0.380 e. The summed E-state index contributed by atoms with van der Waals surface area (Å²) in [6.07, 6.45) is 6.10. The Bertz CT molecular complexity index is 339. The van der Waals surface area contributed by atoms with Gasteiger partial charge in [-0.25, -0.2) is 0 Å². The molecule has 0 N–H and O–H groups in total. The van der Waals surface area contributed by atoms with Crippen LogP contribution >= 0.6 is 0 Å². The summed E-state index contributed by atoms with van der Waals surface area (Å²) in [5.41, 5.74) is 1.90. The molecular weight excluding hydrogens is 224 g/mol. The summed E-state index contributed by atoms with van der Waals surface area (Å²) in [4.78, 5) is 12.2. The minimum atomic E-state index is -0.108. The number of ether oxygens (including phenoxy) is 1. The van der Waals surface area contributed by atoms with Gasteiger partial charge in [0.25, 0.3) is 0 Å². The molecule has 0 aliphatic heterocycles. The van der Waals surface area contributed by atoms with Crippen LogP contribution in [0.1, 0.15) is 46.5 Å². The van der Waals surface area contributed by atoms with Crippen molar-refractivity contribution in [3.8, 4) is 0 Å². The molecule has 0 aromatic rings. The lowest BCUT2D eigenvalue weighted by Gasteiger charge is -2.31. The van der Waals surface area contributed by atoms with Crippen molar-refractivity contribution in [1.29, 1.82) is 0 Å². The Morgan fingerprint density at radius 3 is 2.78 bits per heavy atom. The smallest absolute Gasteiger partial charge is 0.167 e. The van der Waals surface area contributed by atoms with Crippen molar-refractivity contribution < 1.29 is 9.53 Å². The first kappa shape index (κ1) is 15.2. The minimum absolute atomic E-state index is 0.0262. The quantitative estimate of drug-likeness (QED) is 0.546. The highest BCUT2D eigenvalue weighted by molar-refractivity contribution is 5.99.